The highest BCUT2D eigenvalue weighted by atomic mass is 16.5. The molecule has 1 aliphatic heterocycles. The van der Waals surface area contributed by atoms with Crippen LogP contribution in [0.3, 0.4) is 0 Å². The SMILES string of the molecule is COCC1CCNC1C1CCCCC1. The Balaban J connectivity index is 1.87. The van der Waals surface area contributed by atoms with E-state index in [1.54, 1.807) is 0 Å². The first-order valence-electron chi connectivity index (χ1n) is 6.14. The summed E-state index contributed by atoms with van der Waals surface area (Å²) in [6, 6.07) is 0.759. The van der Waals surface area contributed by atoms with Gasteiger partial charge in [-0.3, -0.25) is 0 Å². The summed E-state index contributed by atoms with van der Waals surface area (Å²) in [6.45, 7) is 2.16. The molecule has 0 bridgehead atoms. The number of methoxy groups -OCH3 is 1. The molecule has 2 aliphatic rings. The number of rotatable bonds is 3. The molecule has 1 saturated carbocycles. The highest BCUT2D eigenvalue weighted by Crippen LogP contribution is 2.32. The first-order chi connectivity index (χ1) is 6.92. The molecule has 1 saturated heterocycles. The fourth-order valence-electron chi connectivity index (χ4n) is 3.23. The maximum absolute atomic E-state index is 5.31. The number of hydrogen-bond acceptors (Lipinski definition) is 2. The Hall–Kier alpha value is -0.0800. The van der Waals surface area contributed by atoms with Crippen LogP contribution in [0.15, 0.2) is 0 Å². The molecular weight excluding hydrogens is 174 g/mol. The molecule has 0 aromatic heterocycles. The maximum Gasteiger partial charge on any atom is 0.0505 e. The van der Waals surface area contributed by atoms with Crippen molar-refractivity contribution in [1.82, 2.24) is 5.32 Å². The zero-order chi connectivity index (χ0) is 9.80. The van der Waals surface area contributed by atoms with Gasteiger partial charge in [0.2, 0.25) is 0 Å². The van der Waals surface area contributed by atoms with Crippen molar-refractivity contribution in [2.45, 2.75) is 44.6 Å². The molecule has 1 N–H and O–H groups in total. The van der Waals surface area contributed by atoms with Gasteiger partial charge >= 0.3 is 0 Å². The number of ether oxygens (including phenoxy) is 1. The van der Waals surface area contributed by atoms with Gasteiger partial charge in [-0.05, 0) is 37.6 Å². The third kappa shape index (κ3) is 2.29. The van der Waals surface area contributed by atoms with Gasteiger partial charge in [-0.25, -0.2) is 0 Å². The molecule has 0 radical (unpaired) electrons. The second-order valence-electron chi connectivity index (χ2n) is 4.88. The molecule has 0 aromatic carbocycles. The molecular formula is C12H23NO. The molecule has 1 aliphatic carbocycles. The summed E-state index contributed by atoms with van der Waals surface area (Å²) in [4.78, 5) is 0. The van der Waals surface area contributed by atoms with Crippen molar-refractivity contribution >= 4 is 0 Å². The van der Waals surface area contributed by atoms with E-state index in [1.165, 1.54) is 45.1 Å². The first-order valence-corrected chi connectivity index (χ1v) is 6.14. The second kappa shape index (κ2) is 5.13. The molecule has 2 fully saturated rings. The average Bonchev–Trinajstić information content (AvgIpc) is 2.68. The van der Waals surface area contributed by atoms with E-state index in [0.717, 1.165) is 24.5 Å². The van der Waals surface area contributed by atoms with Crippen molar-refractivity contribution in [3.8, 4) is 0 Å². The van der Waals surface area contributed by atoms with Crippen molar-refractivity contribution in [1.29, 1.82) is 0 Å². The maximum atomic E-state index is 5.31. The number of nitrogens with one attached hydrogen (secondary N) is 1. The first kappa shape index (κ1) is 10.4. The van der Waals surface area contributed by atoms with E-state index in [0.29, 0.717) is 0 Å². The average molecular weight is 197 g/mol. The third-order valence-electron chi connectivity index (χ3n) is 3.94. The summed E-state index contributed by atoms with van der Waals surface area (Å²) in [5.74, 6) is 1.72. The highest BCUT2D eigenvalue weighted by Gasteiger charge is 2.33. The van der Waals surface area contributed by atoms with Crippen LogP contribution in [0.25, 0.3) is 0 Å². The molecule has 0 aromatic rings. The Morgan fingerprint density at radius 2 is 1.93 bits per heavy atom. The predicted molar refractivity (Wildman–Crippen MR) is 58.3 cm³/mol. The molecule has 0 amide bonds. The Kier molecular flexibility index (Phi) is 3.82. The van der Waals surface area contributed by atoms with Gasteiger partial charge in [0.05, 0.1) is 6.61 Å². The van der Waals surface area contributed by atoms with E-state index >= 15 is 0 Å². The van der Waals surface area contributed by atoms with Crippen LogP contribution in [-0.4, -0.2) is 26.3 Å². The Labute approximate surface area is 87.4 Å². The van der Waals surface area contributed by atoms with Crippen LogP contribution in [0.1, 0.15) is 38.5 Å². The van der Waals surface area contributed by atoms with Gasteiger partial charge in [0, 0.05) is 13.2 Å². The van der Waals surface area contributed by atoms with Crippen LogP contribution in [0.2, 0.25) is 0 Å². The van der Waals surface area contributed by atoms with Gasteiger partial charge < -0.3 is 10.1 Å². The minimum Gasteiger partial charge on any atom is -0.384 e. The normalized spacial score (nSPS) is 34.9. The summed E-state index contributed by atoms with van der Waals surface area (Å²) >= 11 is 0. The Morgan fingerprint density at radius 1 is 1.14 bits per heavy atom. The van der Waals surface area contributed by atoms with Crippen molar-refractivity contribution < 1.29 is 4.74 Å². The summed E-state index contributed by atoms with van der Waals surface area (Å²) in [5.41, 5.74) is 0. The van der Waals surface area contributed by atoms with Crippen LogP contribution < -0.4 is 5.32 Å². The lowest BCUT2D eigenvalue weighted by molar-refractivity contribution is 0.123. The van der Waals surface area contributed by atoms with E-state index < -0.39 is 0 Å². The molecule has 14 heavy (non-hydrogen) atoms. The number of hydrogen-bond donors (Lipinski definition) is 1. The smallest absolute Gasteiger partial charge is 0.0505 e. The van der Waals surface area contributed by atoms with Crippen LogP contribution in [0.4, 0.5) is 0 Å². The van der Waals surface area contributed by atoms with Crippen LogP contribution in [-0.2, 0) is 4.74 Å². The van der Waals surface area contributed by atoms with Crippen LogP contribution >= 0.6 is 0 Å². The standard InChI is InChI=1S/C12H23NO/c1-14-9-11-7-8-13-12(11)10-5-3-2-4-6-10/h10-13H,2-9H2,1H3. The van der Waals surface area contributed by atoms with Crippen molar-refractivity contribution in [3.63, 3.8) is 0 Å². The third-order valence-corrected chi connectivity index (χ3v) is 3.94. The van der Waals surface area contributed by atoms with E-state index in [1.807, 2.05) is 7.11 Å². The fourth-order valence-corrected chi connectivity index (χ4v) is 3.23. The van der Waals surface area contributed by atoms with Crippen molar-refractivity contribution in [2.24, 2.45) is 11.8 Å². The predicted octanol–water partition coefficient (Wildman–Crippen LogP) is 2.19. The lowest BCUT2D eigenvalue weighted by atomic mass is 9.80. The Morgan fingerprint density at radius 3 is 2.64 bits per heavy atom. The molecule has 2 heteroatoms. The van der Waals surface area contributed by atoms with Gasteiger partial charge in [0.15, 0.2) is 0 Å². The lowest BCUT2D eigenvalue weighted by Gasteiger charge is -2.31. The van der Waals surface area contributed by atoms with E-state index in [9.17, 15) is 0 Å². The lowest BCUT2D eigenvalue weighted by Crippen LogP contribution is -2.37. The Bertz CT molecular complexity index is 166. The molecule has 0 spiro atoms. The monoisotopic (exact) mass is 197 g/mol. The van der Waals surface area contributed by atoms with Gasteiger partial charge in [0.25, 0.3) is 0 Å². The summed E-state index contributed by atoms with van der Waals surface area (Å²) in [6.07, 6.45) is 8.55. The summed E-state index contributed by atoms with van der Waals surface area (Å²) in [7, 11) is 1.83. The zero-order valence-electron chi connectivity index (χ0n) is 9.30. The quantitative estimate of drug-likeness (QED) is 0.749. The van der Waals surface area contributed by atoms with E-state index in [4.69, 9.17) is 4.74 Å². The van der Waals surface area contributed by atoms with Crippen LogP contribution in [0.5, 0.6) is 0 Å². The zero-order valence-corrected chi connectivity index (χ0v) is 9.30. The summed E-state index contributed by atoms with van der Waals surface area (Å²) in [5, 5.41) is 3.68. The molecule has 2 unspecified atom stereocenters. The second-order valence-corrected chi connectivity index (χ2v) is 4.88. The highest BCUT2D eigenvalue weighted by molar-refractivity contribution is 4.89. The van der Waals surface area contributed by atoms with Gasteiger partial charge in [-0.15, -0.1) is 0 Å². The topological polar surface area (TPSA) is 21.3 Å². The molecule has 2 atom stereocenters. The molecule has 2 rings (SSSR count). The van der Waals surface area contributed by atoms with E-state index in [-0.39, 0.29) is 0 Å². The largest absolute Gasteiger partial charge is 0.384 e. The molecule has 2 nitrogen and oxygen atoms in total. The van der Waals surface area contributed by atoms with E-state index in [2.05, 4.69) is 5.32 Å². The molecule has 1 heterocycles. The fraction of sp³-hybridized carbons (Fsp3) is 1.00. The minimum absolute atomic E-state index is 0.759. The van der Waals surface area contributed by atoms with Gasteiger partial charge in [-0.2, -0.15) is 0 Å². The van der Waals surface area contributed by atoms with Gasteiger partial charge in [0.1, 0.15) is 0 Å². The van der Waals surface area contributed by atoms with Crippen molar-refractivity contribution in [3.05, 3.63) is 0 Å². The molecule has 82 valence electrons. The minimum atomic E-state index is 0.759. The van der Waals surface area contributed by atoms with Crippen molar-refractivity contribution in [2.75, 3.05) is 20.3 Å². The van der Waals surface area contributed by atoms with Crippen LogP contribution in [0, 0.1) is 11.8 Å². The van der Waals surface area contributed by atoms with Gasteiger partial charge in [-0.1, -0.05) is 19.3 Å². The summed E-state index contributed by atoms with van der Waals surface area (Å²) < 4.78 is 5.31.